The summed E-state index contributed by atoms with van der Waals surface area (Å²) in [5, 5.41) is 6.44. The number of nitrogens with zero attached hydrogens (tertiary/aromatic N) is 1. The van der Waals surface area contributed by atoms with Crippen molar-refractivity contribution < 1.29 is 4.79 Å². The maximum atomic E-state index is 11.8. The van der Waals surface area contributed by atoms with Crippen LogP contribution in [0.4, 0.5) is 10.5 Å². The normalized spacial score (nSPS) is 17.0. The highest BCUT2D eigenvalue weighted by atomic mass is 35.5. The first-order valence-electron chi connectivity index (χ1n) is 7.59. The molecule has 4 nitrogen and oxygen atoms in total. The van der Waals surface area contributed by atoms with Crippen LogP contribution in [0, 0.1) is 5.92 Å². The standard InChI is InChI=1S/C16H24ClN3O/c1-12(2)20-9-7-13(8-10-20)11-18-16(21)19-15-5-3-14(17)4-6-15/h3-6,12-13H,7-11H2,1-2H3,(H2,18,19,21). The molecule has 21 heavy (non-hydrogen) atoms. The molecule has 0 aromatic heterocycles. The van der Waals surface area contributed by atoms with Gasteiger partial charge < -0.3 is 15.5 Å². The van der Waals surface area contributed by atoms with Crippen molar-refractivity contribution in [2.24, 2.45) is 5.92 Å². The maximum absolute atomic E-state index is 11.8. The summed E-state index contributed by atoms with van der Waals surface area (Å²) in [5.74, 6) is 0.580. The van der Waals surface area contributed by atoms with Gasteiger partial charge in [0.1, 0.15) is 0 Å². The third kappa shape index (κ3) is 5.21. The Labute approximate surface area is 131 Å². The lowest BCUT2D eigenvalue weighted by atomic mass is 9.96. The van der Waals surface area contributed by atoms with Crippen molar-refractivity contribution in [1.82, 2.24) is 10.2 Å². The highest BCUT2D eigenvalue weighted by Gasteiger charge is 2.20. The zero-order valence-electron chi connectivity index (χ0n) is 12.7. The first-order valence-corrected chi connectivity index (χ1v) is 7.97. The van der Waals surface area contributed by atoms with E-state index in [9.17, 15) is 4.79 Å². The molecule has 0 bridgehead atoms. The molecule has 0 atom stereocenters. The fourth-order valence-electron chi connectivity index (χ4n) is 2.62. The van der Waals surface area contributed by atoms with Gasteiger partial charge in [-0.1, -0.05) is 11.6 Å². The van der Waals surface area contributed by atoms with Gasteiger partial charge in [0, 0.05) is 23.3 Å². The number of piperidine rings is 1. The Hall–Kier alpha value is -1.26. The molecule has 1 aromatic carbocycles. The minimum atomic E-state index is -0.149. The molecule has 1 heterocycles. The van der Waals surface area contributed by atoms with E-state index in [-0.39, 0.29) is 6.03 Å². The number of benzene rings is 1. The smallest absolute Gasteiger partial charge is 0.319 e. The van der Waals surface area contributed by atoms with Crippen LogP contribution in [0.5, 0.6) is 0 Å². The van der Waals surface area contributed by atoms with Crippen LogP contribution in [0.2, 0.25) is 5.02 Å². The SMILES string of the molecule is CC(C)N1CCC(CNC(=O)Nc2ccc(Cl)cc2)CC1. The van der Waals surface area contributed by atoms with Crippen molar-refractivity contribution in [2.75, 3.05) is 25.0 Å². The Kier molecular flexibility index (Phi) is 5.88. The van der Waals surface area contributed by atoms with Crippen LogP contribution in [-0.4, -0.2) is 36.6 Å². The molecular formula is C16H24ClN3O. The Morgan fingerprint density at radius 1 is 1.29 bits per heavy atom. The van der Waals surface area contributed by atoms with Crippen molar-refractivity contribution >= 4 is 23.3 Å². The van der Waals surface area contributed by atoms with Gasteiger partial charge in [-0.05, 0) is 70.0 Å². The number of nitrogens with one attached hydrogen (secondary N) is 2. The summed E-state index contributed by atoms with van der Waals surface area (Å²) in [6.07, 6.45) is 2.30. The fraction of sp³-hybridized carbons (Fsp3) is 0.562. The third-order valence-electron chi connectivity index (χ3n) is 4.03. The molecule has 0 aliphatic carbocycles. The van der Waals surface area contributed by atoms with Crippen LogP contribution < -0.4 is 10.6 Å². The van der Waals surface area contributed by atoms with Crippen molar-refractivity contribution in [3.8, 4) is 0 Å². The summed E-state index contributed by atoms with van der Waals surface area (Å²) in [6, 6.07) is 7.58. The average molecular weight is 310 g/mol. The van der Waals surface area contributed by atoms with Crippen LogP contribution >= 0.6 is 11.6 Å². The van der Waals surface area contributed by atoms with E-state index in [0.717, 1.165) is 38.2 Å². The molecule has 2 amide bonds. The van der Waals surface area contributed by atoms with Gasteiger partial charge in [-0.2, -0.15) is 0 Å². The second-order valence-electron chi connectivity index (χ2n) is 5.92. The molecule has 0 radical (unpaired) electrons. The third-order valence-corrected chi connectivity index (χ3v) is 4.28. The van der Waals surface area contributed by atoms with E-state index < -0.39 is 0 Å². The molecule has 0 spiro atoms. The number of amides is 2. The molecule has 2 N–H and O–H groups in total. The van der Waals surface area contributed by atoms with Crippen molar-refractivity contribution in [3.63, 3.8) is 0 Å². The molecule has 0 saturated carbocycles. The van der Waals surface area contributed by atoms with Crippen LogP contribution in [0.3, 0.4) is 0 Å². The lowest BCUT2D eigenvalue weighted by Crippen LogP contribution is -2.42. The Bertz CT molecular complexity index is 453. The second-order valence-corrected chi connectivity index (χ2v) is 6.35. The van der Waals surface area contributed by atoms with Crippen LogP contribution in [-0.2, 0) is 0 Å². The van der Waals surface area contributed by atoms with E-state index in [0.29, 0.717) is 17.0 Å². The highest BCUT2D eigenvalue weighted by molar-refractivity contribution is 6.30. The molecule has 1 aromatic rings. The topological polar surface area (TPSA) is 44.4 Å². The van der Waals surface area contributed by atoms with Crippen molar-refractivity contribution in [2.45, 2.75) is 32.7 Å². The fourth-order valence-corrected chi connectivity index (χ4v) is 2.74. The summed E-state index contributed by atoms with van der Waals surface area (Å²) >= 11 is 5.81. The summed E-state index contributed by atoms with van der Waals surface area (Å²) in [6.45, 7) is 7.47. The zero-order chi connectivity index (χ0) is 15.2. The van der Waals surface area contributed by atoms with Gasteiger partial charge >= 0.3 is 6.03 Å². The zero-order valence-corrected chi connectivity index (χ0v) is 13.5. The van der Waals surface area contributed by atoms with Crippen LogP contribution in [0.25, 0.3) is 0 Å². The number of anilines is 1. The monoisotopic (exact) mass is 309 g/mol. The Balaban J connectivity index is 1.69. The van der Waals surface area contributed by atoms with Gasteiger partial charge in [0.25, 0.3) is 0 Å². The van der Waals surface area contributed by atoms with Crippen molar-refractivity contribution in [1.29, 1.82) is 0 Å². The lowest BCUT2D eigenvalue weighted by Gasteiger charge is -2.34. The van der Waals surface area contributed by atoms with Crippen LogP contribution in [0.1, 0.15) is 26.7 Å². The number of urea groups is 1. The minimum Gasteiger partial charge on any atom is -0.338 e. The molecule has 2 rings (SSSR count). The number of rotatable bonds is 4. The highest BCUT2D eigenvalue weighted by Crippen LogP contribution is 2.18. The number of halogens is 1. The van der Waals surface area contributed by atoms with Gasteiger partial charge in [-0.25, -0.2) is 4.79 Å². The summed E-state index contributed by atoms with van der Waals surface area (Å²) in [4.78, 5) is 14.3. The molecular weight excluding hydrogens is 286 g/mol. The number of likely N-dealkylation sites (tertiary alicyclic amines) is 1. The largest absolute Gasteiger partial charge is 0.338 e. The maximum Gasteiger partial charge on any atom is 0.319 e. The Morgan fingerprint density at radius 2 is 1.90 bits per heavy atom. The first-order chi connectivity index (χ1) is 10.0. The van der Waals surface area contributed by atoms with Gasteiger partial charge in [-0.15, -0.1) is 0 Å². The molecule has 1 fully saturated rings. The van der Waals surface area contributed by atoms with Crippen LogP contribution in [0.15, 0.2) is 24.3 Å². The quantitative estimate of drug-likeness (QED) is 0.893. The van der Waals surface area contributed by atoms with Gasteiger partial charge in [-0.3, -0.25) is 0 Å². The van der Waals surface area contributed by atoms with E-state index in [1.165, 1.54) is 0 Å². The molecule has 1 saturated heterocycles. The molecule has 0 unspecified atom stereocenters. The average Bonchev–Trinajstić information content (AvgIpc) is 2.48. The Morgan fingerprint density at radius 3 is 2.48 bits per heavy atom. The summed E-state index contributed by atoms with van der Waals surface area (Å²) in [7, 11) is 0. The van der Waals surface area contributed by atoms with Gasteiger partial charge in [0.2, 0.25) is 0 Å². The predicted molar refractivity (Wildman–Crippen MR) is 87.9 cm³/mol. The first kappa shape index (κ1) is 16.1. The van der Waals surface area contributed by atoms with Gasteiger partial charge in [0.05, 0.1) is 0 Å². The minimum absolute atomic E-state index is 0.149. The predicted octanol–water partition coefficient (Wildman–Crippen LogP) is 3.58. The number of hydrogen-bond acceptors (Lipinski definition) is 2. The number of carbonyl (C=O) groups excluding carboxylic acids is 1. The summed E-state index contributed by atoms with van der Waals surface area (Å²) in [5.41, 5.74) is 0.756. The molecule has 116 valence electrons. The van der Waals surface area contributed by atoms with E-state index in [2.05, 4.69) is 29.4 Å². The summed E-state index contributed by atoms with van der Waals surface area (Å²) < 4.78 is 0. The lowest BCUT2D eigenvalue weighted by molar-refractivity contribution is 0.149. The van der Waals surface area contributed by atoms with Crippen molar-refractivity contribution in [3.05, 3.63) is 29.3 Å². The van der Waals surface area contributed by atoms with E-state index in [4.69, 9.17) is 11.6 Å². The number of carbonyl (C=O) groups is 1. The van der Waals surface area contributed by atoms with E-state index >= 15 is 0 Å². The molecule has 5 heteroatoms. The van der Waals surface area contributed by atoms with E-state index in [1.807, 2.05) is 0 Å². The molecule has 1 aliphatic rings. The number of hydrogen-bond donors (Lipinski definition) is 2. The second kappa shape index (κ2) is 7.66. The van der Waals surface area contributed by atoms with Gasteiger partial charge in [0.15, 0.2) is 0 Å². The van der Waals surface area contributed by atoms with E-state index in [1.54, 1.807) is 24.3 Å². The molecule has 1 aliphatic heterocycles.